The van der Waals surface area contributed by atoms with Crippen LogP contribution in [0, 0.1) is 6.92 Å². The lowest BCUT2D eigenvalue weighted by atomic mass is 9.99. The number of carbonyl (C=O) groups excluding carboxylic acids is 1. The number of rotatable bonds is 6. The number of nitrogens with one attached hydrogen (secondary N) is 1. The van der Waals surface area contributed by atoms with E-state index in [1.807, 2.05) is 42.5 Å². The number of halogens is 1. The van der Waals surface area contributed by atoms with Crippen molar-refractivity contribution in [3.05, 3.63) is 77.2 Å². The maximum atomic E-state index is 12.5. The van der Waals surface area contributed by atoms with Crippen LogP contribution in [0.3, 0.4) is 0 Å². The van der Waals surface area contributed by atoms with E-state index in [1.165, 1.54) is 5.56 Å². The number of oxazole rings is 1. The lowest BCUT2D eigenvalue weighted by molar-refractivity contribution is 0.0923. The number of benzene rings is 2. The van der Waals surface area contributed by atoms with E-state index in [1.54, 1.807) is 6.92 Å². The lowest BCUT2D eigenvalue weighted by Crippen LogP contribution is -2.32. The van der Waals surface area contributed by atoms with E-state index in [-0.39, 0.29) is 30.1 Å². The Hall–Kier alpha value is -2.63. The zero-order chi connectivity index (χ0) is 19.4. The Morgan fingerprint density at radius 1 is 1.07 bits per heavy atom. The van der Waals surface area contributed by atoms with Gasteiger partial charge in [-0.15, -0.1) is 12.4 Å². The summed E-state index contributed by atoms with van der Waals surface area (Å²) in [4.78, 5) is 16.8. The minimum atomic E-state index is -0.309. The zero-order valence-corrected chi connectivity index (χ0v) is 17.1. The molecule has 0 aliphatic carbocycles. The van der Waals surface area contributed by atoms with Gasteiger partial charge >= 0.3 is 0 Å². The fourth-order valence-corrected chi connectivity index (χ4v) is 2.84. The molecule has 6 heteroatoms. The van der Waals surface area contributed by atoms with Crippen LogP contribution in [0.5, 0.6) is 0 Å². The second kappa shape index (κ2) is 9.53. The molecule has 1 atom stereocenters. The monoisotopic (exact) mass is 399 g/mol. The van der Waals surface area contributed by atoms with Crippen LogP contribution >= 0.6 is 12.4 Å². The highest BCUT2D eigenvalue weighted by Gasteiger charge is 2.19. The number of nitrogens with zero attached hydrogens (tertiary/aromatic N) is 1. The highest BCUT2D eigenvalue weighted by atomic mass is 35.5. The van der Waals surface area contributed by atoms with Crippen LogP contribution in [0.4, 0.5) is 0 Å². The second-order valence-corrected chi connectivity index (χ2v) is 6.94. The Morgan fingerprint density at radius 2 is 1.68 bits per heavy atom. The molecule has 1 aromatic heterocycles. The maximum absolute atomic E-state index is 12.5. The van der Waals surface area contributed by atoms with Crippen molar-refractivity contribution in [3.8, 4) is 11.5 Å². The summed E-state index contributed by atoms with van der Waals surface area (Å²) in [6.07, 6.45) is 0. The van der Waals surface area contributed by atoms with Crippen molar-refractivity contribution in [3.63, 3.8) is 0 Å². The Kier molecular flexibility index (Phi) is 7.38. The lowest BCUT2D eigenvalue weighted by Gasteiger charge is -2.14. The van der Waals surface area contributed by atoms with Crippen molar-refractivity contribution in [2.24, 2.45) is 5.73 Å². The highest BCUT2D eigenvalue weighted by Crippen LogP contribution is 2.22. The summed E-state index contributed by atoms with van der Waals surface area (Å²) in [6.45, 7) is 6.38. The second-order valence-electron chi connectivity index (χ2n) is 6.94. The van der Waals surface area contributed by atoms with Gasteiger partial charge in [-0.3, -0.25) is 4.79 Å². The fraction of sp³-hybridized carbons (Fsp3) is 0.273. The molecule has 0 fully saturated rings. The van der Waals surface area contributed by atoms with Gasteiger partial charge in [0.2, 0.25) is 11.7 Å². The standard InChI is InChI=1S/C22H25N3O2.ClH/c1-14(2)16-9-11-17(12-10-16)19(23)13-24-21(26)20-15(3)25-22(27-20)18-7-5-4-6-8-18;/h4-12,14,19H,13,23H2,1-3H3,(H,24,26);1H. The Balaban J connectivity index is 0.00000280. The van der Waals surface area contributed by atoms with Crippen LogP contribution in [0.1, 0.15) is 53.2 Å². The molecule has 0 saturated heterocycles. The minimum absolute atomic E-state index is 0. The Bertz CT molecular complexity index is 905. The quantitative estimate of drug-likeness (QED) is 0.633. The summed E-state index contributed by atoms with van der Waals surface area (Å²) in [7, 11) is 0. The normalized spacial score (nSPS) is 11.8. The molecule has 0 saturated carbocycles. The van der Waals surface area contributed by atoms with E-state index in [4.69, 9.17) is 10.2 Å². The molecule has 2 aromatic carbocycles. The van der Waals surface area contributed by atoms with Crippen LogP contribution < -0.4 is 11.1 Å². The molecule has 148 valence electrons. The number of aryl methyl sites for hydroxylation is 1. The third-order valence-corrected chi connectivity index (χ3v) is 4.54. The fourth-order valence-electron chi connectivity index (χ4n) is 2.84. The predicted molar refractivity (Wildman–Crippen MR) is 114 cm³/mol. The first-order valence-corrected chi connectivity index (χ1v) is 9.12. The molecule has 1 unspecified atom stereocenters. The average molecular weight is 400 g/mol. The summed E-state index contributed by atoms with van der Waals surface area (Å²) in [5.41, 5.74) is 9.86. The van der Waals surface area contributed by atoms with E-state index in [0.29, 0.717) is 24.0 Å². The van der Waals surface area contributed by atoms with Crippen molar-refractivity contribution >= 4 is 18.3 Å². The highest BCUT2D eigenvalue weighted by molar-refractivity contribution is 5.92. The predicted octanol–water partition coefficient (Wildman–Crippen LogP) is 4.63. The van der Waals surface area contributed by atoms with Gasteiger partial charge in [-0.2, -0.15) is 0 Å². The van der Waals surface area contributed by atoms with Gasteiger partial charge in [0.25, 0.3) is 5.91 Å². The maximum Gasteiger partial charge on any atom is 0.289 e. The molecule has 28 heavy (non-hydrogen) atoms. The smallest absolute Gasteiger partial charge is 0.289 e. The van der Waals surface area contributed by atoms with Gasteiger partial charge in [0.15, 0.2) is 0 Å². The van der Waals surface area contributed by atoms with Gasteiger partial charge in [0.1, 0.15) is 0 Å². The number of aromatic nitrogens is 1. The average Bonchev–Trinajstić information content (AvgIpc) is 3.08. The molecular formula is C22H26ClN3O2. The van der Waals surface area contributed by atoms with Crippen LogP contribution in [0.25, 0.3) is 11.5 Å². The first-order valence-electron chi connectivity index (χ1n) is 9.12. The molecule has 3 N–H and O–H groups in total. The molecule has 1 amide bonds. The van der Waals surface area contributed by atoms with Crippen LogP contribution in [-0.2, 0) is 0 Å². The van der Waals surface area contributed by atoms with Gasteiger partial charge in [0.05, 0.1) is 5.69 Å². The van der Waals surface area contributed by atoms with Crippen LogP contribution in [0.2, 0.25) is 0 Å². The molecule has 0 bridgehead atoms. The number of nitrogens with two attached hydrogens (primary N) is 1. The number of hydrogen-bond donors (Lipinski definition) is 2. The van der Waals surface area contributed by atoms with E-state index in [0.717, 1.165) is 11.1 Å². The molecule has 0 radical (unpaired) electrons. The molecule has 3 aromatic rings. The SMILES string of the molecule is Cc1nc(-c2ccccc2)oc1C(=O)NCC(N)c1ccc(C(C)C)cc1.Cl. The van der Waals surface area contributed by atoms with Gasteiger partial charge in [-0.1, -0.05) is 56.3 Å². The summed E-state index contributed by atoms with van der Waals surface area (Å²) < 4.78 is 5.68. The van der Waals surface area contributed by atoms with Crippen LogP contribution in [-0.4, -0.2) is 17.4 Å². The van der Waals surface area contributed by atoms with Gasteiger partial charge in [0, 0.05) is 18.2 Å². The van der Waals surface area contributed by atoms with Gasteiger partial charge in [-0.05, 0) is 36.1 Å². The van der Waals surface area contributed by atoms with Crippen LogP contribution in [0.15, 0.2) is 59.0 Å². The largest absolute Gasteiger partial charge is 0.431 e. The minimum Gasteiger partial charge on any atom is -0.431 e. The van der Waals surface area contributed by atoms with E-state index in [9.17, 15) is 4.79 Å². The number of hydrogen-bond acceptors (Lipinski definition) is 4. The number of amides is 1. The molecule has 0 aliphatic heterocycles. The van der Waals surface area contributed by atoms with E-state index in [2.05, 4.69) is 36.3 Å². The summed E-state index contributed by atoms with van der Waals surface area (Å²) in [5, 5.41) is 2.84. The number of carbonyl (C=O) groups is 1. The summed E-state index contributed by atoms with van der Waals surface area (Å²) in [5.74, 6) is 0.822. The van der Waals surface area contributed by atoms with Gasteiger partial charge in [-0.25, -0.2) is 4.98 Å². The molecular weight excluding hydrogens is 374 g/mol. The van der Waals surface area contributed by atoms with E-state index < -0.39 is 0 Å². The summed E-state index contributed by atoms with van der Waals surface area (Å²) >= 11 is 0. The molecule has 0 aliphatic rings. The van der Waals surface area contributed by atoms with Crippen molar-refractivity contribution < 1.29 is 9.21 Å². The van der Waals surface area contributed by atoms with Crippen molar-refractivity contribution in [1.29, 1.82) is 0 Å². The van der Waals surface area contributed by atoms with Gasteiger partial charge < -0.3 is 15.5 Å². The zero-order valence-electron chi connectivity index (χ0n) is 16.3. The van der Waals surface area contributed by atoms with Crippen molar-refractivity contribution in [2.45, 2.75) is 32.7 Å². The first kappa shape index (κ1) is 21.7. The molecule has 5 nitrogen and oxygen atoms in total. The molecule has 3 rings (SSSR count). The molecule has 0 spiro atoms. The first-order chi connectivity index (χ1) is 13.0. The topological polar surface area (TPSA) is 81.2 Å². The molecule has 1 heterocycles. The Morgan fingerprint density at radius 3 is 2.29 bits per heavy atom. The third-order valence-electron chi connectivity index (χ3n) is 4.54. The third kappa shape index (κ3) is 5.00. The van der Waals surface area contributed by atoms with E-state index >= 15 is 0 Å². The Labute approximate surface area is 171 Å². The summed E-state index contributed by atoms with van der Waals surface area (Å²) in [6, 6.07) is 17.4. The van der Waals surface area contributed by atoms with Crippen molar-refractivity contribution in [1.82, 2.24) is 10.3 Å². The van der Waals surface area contributed by atoms with Crippen molar-refractivity contribution in [2.75, 3.05) is 6.54 Å².